The van der Waals surface area contributed by atoms with Crippen LogP contribution in [0.25, 0.3) is 0 Å². The number of nitrogen functional groups attached to an aromatic ring is 1. The van der Waals surface area contributed by atoms with Gasteiger partial charge >= 0.3 is 5.97 Å². The second-order valence-corrected chi connectivity index (χ2v) is 4.52. The summed E-state index contributed by atoms with van der Waals surface area (Å²) < 4.78 is 13.6. The number of benzene rings is 2. The van der Waals surface area contributed by atoms with Crippen LogP contribution in [0.5, 0.6) is 0 Å². The normalized spacial score (nSPS) is 10.3. The predicted molar refractivity (Wildman–Crippen MR) is 76.3 cm³/mol. The molecular formula is C15H15FN2O2. The van der Waals surface area contributed by atoms with E-state index in [-0.39, 0.29) is 17.1 Å². The first-order valence-electron chi connectivity index (χ1n) is 6.06. The van der Waals surface area contributed by atoms with E-state index in [0.717, 1.165) is 5.69 Å². The average Bonchev–Trinajstić information content (AvgIpc) is 2.40. The monoisotopic (exact) mass is 274 g/mol. The zero-order valence-electron chi connectivity index (χ0n) is 11.0. The van der Waals surface area contributed by atoms with Crippen LogP contribution in [0.3, 0.4) is 0 Å². The Morgan fingerprint density at radius 1 is 1.30 bits per heavy atom. The van der Waals surface area contributed by atoms with E-state index in [4.69, 9.17) is 10.8 Å². The fourth-order valence-corrected chi connectivity index (χ4v) is 1.96. The molecule has 0 radical (unpaired) electrons. The van der Waals surface area contributed by atoms with E-state index in [9.17, 15) is 9.18 Å². The maximum absolute atomic E-state index is 13.6. The van der Waals surface area contributed by atoms with E-state index in [1.54, 1.807) is 42.3 Å². The summed E-state index contributed by atoms with van der Waals surface area (Å²) in [6.07, 6.45) is 0. The molecule has 0 saturated carbocycles. The van der Waals surface area contributed by atoms with Crippen molar-refractivity contribution >= 4 is 17.3 Å². The van der Waals surface area contributed by atoms with Crippen LogP contribution in [0.4, 0.5) is 15.8 Å². The highest BCUT2D eigenvalue weighted by Crippen LogP contribution is 2.22. The van der Waals surface area contributed by atoms with Crippen molar-refractivity contribution in [2.24, 2.45) is 0 Å². The van der Waals surface area contributed by atoms with Gasteiger partial charge in [-0.25, -0.2) is 9.18 Å². The van der Waals surface area contributed by atoms with Gasteiger partial charge in [0.05, 0.1) is 5.56 Å². The van der Waals surface area contributed by atoms with Crippen molar-refractivity contribution in [3.63, 3.8) is 0 Å². The number of rotatable bonds is 4. The number of halogens is 1. The summed E-state index contributed by atoms with van der Waals surface area (Å²) in [6.45, 7) is 0.374. The molecule has 0 bridgehead atoms. The topological polar surface area (TPSA) is 66.6 Å². The lowest BCUT2D eigenvalue weighted by molar-refractivity contribution is 0.0698. The number of hydrogen-bond acceptors (Lipinski definition) is 3. The average molecular weight is 274 g/mol. The molecular weight excluding hydrogens is 259 g/mol. The second kappa shape index (κ2) is 5.61. The highest BCUT2D eigenvalue weighted by molar-refractivity contribution is 5.94. The Kier molecular flexibility index (Phi) is 3.89. The van der Waals surface area contributed by atoms with Crippen LogP contribution in [0, 0.1) is 5.82 Å². The summed E-state index contributed by atoms with van der Waals surface area (Å²) in [5.74, 6) is -1.33. The molecule has 4 nitrogen and oxygen atoms in total. The first kappa shape index (κ1) is 13.9. The number of nitrogens with two attached hydrogens (primary N) is 1. The lowest BCUT2D eigenvalue weighted by Crippen LogP contribution is -2.17. The van der Waals surface area contributed by atoms with Crippen molar-refractivity contribution < 1.29 is 14.3 Å². The molecule has 3 N–H and O–H groups in total. The molecule has 2 aromatic rings. The molecule has 0 fully saturated rings. The van der Waals surface area contributed by atoms with Crippen LogP contribution >= 0.6 is 0 Å². The third-order valence-corrected chi connectivity index (χ3v) is 3.07. The summed E-state index contributed by atoms with van der Waals surface area (Å²) in [7, 11) is 1.79. The number of aromatic carboxylic acids is 1. The Labute approximate surface area is 116 Å². The van der Waals surface area contributed by atoms with Gasteiger partial charge in [0, 0.05) is 30.5 Å². The Morgan fingerprint density at radius 2 is 2.00 bits per heavy atom. The Hall–Kier alpha value is -2.56. The first-order chi connectivity index (χ1) is 9.49. The van der Waals surface area contributed by atoms with Crippen LogP contribution < -0.4 is 10.6 Å². The van der Waals surface area contributed by atoms with Crippen LogP contribution in [0.2, 0.25) is 0 Å². The molecule has 20 heavy (non-hydrogen) atoms. The standard InChI is InChI=1S/C15H15FN2O2/c1-18(9-10-4-2-3-5-13(10)16)11-6-7-12(15(19)20)14(17)8-11/h2-8H,9,17H2,1H3,(H,19,20). The van der Waals surface area contributed by atoms with E-state index < -0.39 is 5.97 Å². The maximum atomic E-state index is 13.6. The summed E-state index contributed by atoms with van der Waals surface area (Å²) in [5, 5.41) is 8.92. The number of carboxylic acids is 1. The molecule has 5 heteroatoms. The van der Waals surface area contributed by atoms with Gasteiger partial charge in [-0.05, 0) is 24.3 Å². The molecule has 0 saturated heterocycles. The largest absolute Gasteiger partial charge is 0.478 e. The lowest BCUT2D eigenvalue weighted by Gasteiger charge is -2.20. The van der Waals surface area contributed by atoms with Crippen molar-refractivity contribution in [1.82, 2.24) is 0 Å². The molecule has 0 amide bonds. The molecule has 2 rings (SSSR count). The number of hydrogen-bond donors (Lipinski definition) is 2. The van der Waals surface area contributed by atoms with E-state index in [1.807, 2.05) is 0 Å². The van der Waals surface area contributed by atoms with Gasteiger partial charge in [-0.3, -0.25) is 0 Å². The second-order valence-electron chi connectivity index (χ2n) is 4.52. The van der Waals surface area contributed by atoms with Gasteiger partial charge in [-0.1, -0.05) is 18.2 Å². The third-order valence-electron chi connectivity index (χ3n) is 3.07. The summed E-state index contributed by atoms with van der Waals surface area (Å²) in [4.78, 5) is 12.7. The van der Waals surface area contributed by atoms with Crippen LogP contribution in [-0.4, -0.2) is 18.1 Å². The fourth-order valence-electron chi connectivity index (χ4n) is 1.96. The van der Waals surface area contributed by atoms with Gasteiger partial charge < -0.3 is 15.7 Å². The van der Waals surface area contributed by atoms with Gasteiger partial charge in [0.2, 0.25) is 0 Å². The van der Waals surface area contributed by atoms with Crippen LogP contribution in [0.1, 0.15) is 15.9 Å². The molecule has 0 spiro atoms. The van der Waals surface area contributed by atoms with Crippen molar-refractivity contribution in [2.45, 2.75) is 6.54 Å². The predicted octanol–water partition coefficient (Wildman–Crippen LogP) is 2.74. The zero-order valence-corrected chi connectivity index (χ0v) is 11.0. The van der Waals surface area contributed by atoms with Gasteiger partial charge in [0.25, 0.3) is 0 Å². The highest BCUT2D eigenvalue weighted by Gasteiger charge is 2.11. The van der Waals surface area contributed by atoms with E-state index in [1.165, 1.54) is 12.1 Å². The number of carbonyl (C=O) groups is 1. The number of nitrogens with zero attached hydrogens (tertiary/aromatic N) is 1. The minimum atomic E-state index is -1.06. The highest BCUT2D eigenvalue weighted by atomic mass is 19.1. The molecule has 0 heterocycles. The van der Waals surface area contributed by atoms with Crippen LogP contribution in [-0.2, 0) is 6.54 Å². The maximum Gasteiger partial charge on any atom is 0.337 e. The van der Waals surface area contributed by atoms with Crippen molar-refractivity contribution in [3.05, 3.63) is 59.4 Å². The lowest BCUT2D eigenvalue weighted by atomic mass is 10.1. The Morgan fingerprint density at radius 3 is 2.60 bits per heavy atom. The summed E-state index contributed by atoms with van der Waals surface area (Å²) in [6, 6.07) is 11.2. The molecule has 0 atom stereocenters. The SMILES string of the molecule is CN(Cc1ccccc1F)c1ccc(C(=O)O)c(N)c1. The molecule has 0 aliphatic rings. The van der Waals surface area contributed by atoms with Crippen LogP contribution in [0.15, 0.2) is 42.5 Å². The fraction of sp³-hybridized carbons (Fsp3) is 0.133. The molecule has 0 aliphatic heterocycles. The van der Waals surface area contributed by atoms with Gasteiger partial charge in [0.15, 0.2) is 0 Å². The minimum absolute atomic E-state index is 0.0630. The van der Waals surface area contributed by atoms with Gasteiger partial charge in [-0.15, -0.1) is 0 Å². The molecule has 0 aromatic heterocycles. The van der Waals surface area contributed by atoms with Crippen molar-refractivity contribution in [3.8, 4) is 0 Å². The van der Waals surface area contributed by atoms with Crippen molar-refractivity contribution in [1.29, 1.82) is 0 Å². The van der Waals surface area contributed by atoms with Gasteiger partial charge in [-0.2, -0.15) is 0 Å². The zero-order chi connectivity index (χ0) is 14.7. The smallest absolute Gasteiger partial charge is 0.337 e. The molecule has 104 valence electrons. The molecule has 0 unspecified atom stereocenters. The van der Waals surface area contributed by atoms with Gasteiger partial charge in [0.1, 0.15) is 5.82 Å². The van der Waals surface area contributed by atoms with Crippen molar-refractivity contribution in [2.75, 3.05) is 17.7 Å². The third kappa shape index (κ3) is 2.88. The van der Waals surface area contributed by atoms with E-state index in [0.29, 0.717) is 12.1 Å². The Balaban J connectivity index is 2.22. The molecule has 2 aromatic carbocycles. The number of carboxylic acid groups (broad SMARTS) is 1. The summed E-state index contributed by atoms with van der Waals surface area (Å²) in [5.41, 5.74) is 7.25. The number of anilines is 2. The van der Waals surface area contributed by atoms with E-state index in [2.05, 4.69) is 0 Å². The quantitative estimate of drug-likeness (QED) is 0.841. The summed E-state index contributed by atoms with van der Waals surface area (Å²) >= 11 is 0. The first-order valence-corrected chi connectivity index (χ1v) is 6.06. The van der Waals surface area contributed by atoms with E-state index >= 15 is 0 Å². The Bertz CT molecular complexity index is 644. The minimum Gasteiger partial charge on any atom is -0.478 e. The molecule has 0 aliphatic carbocycles.